The normalized spacial score (nSPS) is 11.2. The van der Waals surface area contributed by atoms with E-state index < -0.39 is 10.0 Å². The number of nitrogens with one attached hydrogen (secondary N) is 1. The van der Waals surface area contributed by atoms with Crippen LogP contribution in [-0.2, 0) is 14.8 Å². The predicted molar refractivity (Wildman–Crippen MR) is 83.7 cm³/mol. The number of hydrogen-bond donors (Lipinski definition) is 2. The summed E-state index contributed by atoms with van der Waals surface area (Å²) in [6.07, 6.45) is 0. The molecule has 0 heterocycles. The first-order valence-corrected chi connectivity index (χ1v) is 7.99. The van der Waals surface area contributed by atoms with E-state index in [1.807, 2.05) is 6.92 Å². The molecule has 21 heavy (non-hydrogen) atoms. The van der Waals surface area contributed by atoms with Crippen LogP contribution in [0.25, 0.3) is 0 Å². The molecule has 118 valence electrons. The highest BCUT2D eigenvalue weighted by molar-refractivity contribution is 7.89. The number of likely N-dealkylation sites (N-methyl/N-ethyl adjacent to an activating group) is 2. The SMILES string of the molecule is CCN(CC(=O)N(C)C)c1ccc(S(=O)(=O)NC)cc1N. The summed E-state index contributed by atoms with van der Waals surface area (Å²) in [6.45, 7) is 2.67. The summed E-state index contributed by atoms with van der Waals surface area (Å²) in [5, 5.41) is 0. The zero-order valence-corrected chi connectivity index (χ0v) is 13.6. The first-order valence-electron chi connectivity index (χ1n) is 6.51. The molecule has 0 saturated heterocycles. The van der Waals surface area contributed by atoms with Crippen molar-refractivity contribution < 1.29 is 13.2 Å². The fourth-order valence-electron chi connectivity index (χ4n) is 1.78. The first-order chi connectivity index (χ1) is 9.72. The van der Waals surface area contributed by atoms with Crippen LogP contribution >= 0.6 is 0 Å². The molecule has 3 N–H and O–H groups in total. The molecule has 0 atom stereocenters. The number of benzene rings is 1. The molecule has 1 rings (SSSR count). The van der Waals surface area contributed by atoms with Gasteiger partial charge in [0.15, 0.2) is 0 Å². The van der Waals surface area contributed by atoms with Crippen molar-refractivity contribution in [2.24, 2.45) is 0 Å². The third kappa shape index (κ3) is 4.08. The Morgan fingerprint density at radius 3 is 2.38 bits per heavy atom. The monoisotopic (exact) mass is 314 g/mol. The standard InChI is InChI=1S/C13H22N4O3S/c1-5-17(9-13(18)16(3)4)12-7-6-10(8-11(12)14)21(19,20)15-2/h6-8,15H,5,9,14H2,1-4H3. The first kappa shape index (κ1) is 17.3. The minimum atomic E-state index is -3.53. The second-order valence-corrected chi connectivity index (χ2v) is 6.62. The molecule has 1 amide bonds. The molecule has 0 aliphatic heterocycles. The molecule has 8 heteroatoms. The van der Waals surface area contributed by atoms with E-state index >= 15 is 0 Å². The second kappa shape index (κ2) is 6.77. The van der Waals surface area contributed by atoms with Gasteiger partial charge in [-0.3, -0.25) is 4.79 Å². The lowest BCUT2D eigenvalue weighted by atomic mass is 10.2. The third-order valence-corrected chi connectivity index (χ3v) is 4.54. The molecule has 0 unspecified atom stereocenters. The lowest BCUT2D eigenvalue weighted by molar-refractivity contribution is -0.127. The van der Waals surface area contributed by atoms with Crippen molar-refractivity contribution in [2.75, 3.05) is 44.9 Å². The molecule has 0 spiro atoms. The van der Waals surface area contributed by atoms with Gasteiger partial charge < -0.3 is 15.5 Å². The number of nitrogens with zero attached hydrogens (tertiary/aromatic N) is 2. The smallest absolute Gasteiger partial charge is 0.241 e. The maximum atomic E-state index is 11.8. The molecule has 0 aliphatic carbocycles. The number of nitrogen functional groups attached to an aromatic ring is 1. The van der Waals surface area contributed by atoms with Gasteiger partial charge in [0.05, 0.1) is 22.8 Å². The van der Waals surface area contributed by atoms with Crippen molar-refractivity contribution >= 4 is 27.3 Å². The third-order valence-electron chi connectivity index (χ3n) is 3.13. The van der Waals surface area contributed by atoms with Crippen LogP contribution in [0.3, 0.4) is 0 Å². The number of carbonyl (C=O) groups is 1. The molecular weight excluding hydrogens is 292 g/mol. The average molecular weight is 314 g/mol. The summed E-state index contributed by atoms with van der Waals surface area (Å²) in [4.78, 5) is 15.2. The molecule has 0 fully saturated rings. The molecule has 0 saturated carbocycles. The predicted octanol–water partition coefficient (Wildman–Crippen LogP) is 0.0914. The Morgan fingerprint density at radius 1 is 1.33 bits per heavy atom. The van der Waals surface area contributed by atoms with Crippen molar-refractivity contribution in [1.29, 1.82) is 0 Å². The topological polar surface area (TPSA) is 95.7 Å². The van der Waals surface area contributed by atoms with E-state index in [2.05, 4.69) is 4.72 Å². The minimum Gasteiger partial charge on any atom is -0.397 e. The maximum absolute atomic E-state index is 11.8. The number of anilines is 2. The zero-order valence-electron chi connectivity index (χ0n) is 12.8. The Bertz CT molecular complexity index is 614. The minimum absolute atomic E-state index is 0.0526. The highest BCUT2D eigenvalue weighted by Crippen LogP contribution is 2.26. The van der Waals surface area contributed by atoms with Gasteiger partial charge in [0.25, 0.3) is 0 Å². The van der Waals surface area contributed by atoms with E-state index in [1.54, 1.807) is 25.1 Å². The van der Waals surface area contributed by atoms with Crippen LogP contribution in [0.15, 0.2) is 23.1 Å². The summed E-state index contributed by atoms with van der Waals surface area (Å²) >= 11 is 0. The summed E-state index contributed by atoms with van der Waals surface area (Å²) < 4.78 is 25.7. The highest BCUT2D eigenvalue weighted by Gasteiger charge is 2.17. The van der Waals surface area contributed by atoms with Crippen molar-refractivity contribution in [3.8, 4) is 0 Å². The van der Waals surface area contributed by atoms with Gasteiger partial charge in [-0.2, -0.15) is 0 Å². The van der Waals surface area contributed by atoms with Crippen LogP contribution in [0.5, 0.6) is 0 Å². The Kier molecular flexibility index (Phi) is 5.56. The Hall–Kier alpha value is -1.80. The summed E-state index contributed by atoms with van der Waals surface area (Å²) in [5.41, 5.74) is 6.90. The van der Waals surface area contributed by atoms with E-state index in [4.69, 9.17) is 5.73 Å². The molecule has 0 aromatic heterocycles. The average Bonchev–Trinajstić information content (AvgIpc) is 2.44. The maximum Gasteiger partial charge on any atom is 0.241 e. The number of rotatable bonds is 6. The Labute approximate surface area is 125 Å². The number of amides is 1. The number of hydrogen-bond acceptors (Lipinski definition) is 5. The fourth-order valence-corrected chi connectivity index (χ4v) is 2.54. The van der Waals surface area contributed by atoms with E-state index in [9.17, 15) is 13.2 Å². The molecule has 0 aliphatic rings. The van der Waals surface area contributed by atoms with Crippen molar-refractivity contribution in [3.63, 3.8) is 0 Å². The fraction of sp³-hybridized carbons (Fsp3) is 0.462. The van der Waals surface area contributed by atoms with E-state index in [0.717, 1.165) is 0 Å². The summed E-state index contributed by atoms with van der Waals surface area (Å²) in [7, 11) is 1.18. The second-order valence-electron chi connectivity index (χ2n) is 4.73. The van der Waals surface area contributed by atoms with Crippen molar-refractivity contribution in [1.82, 2.24) is 9.62 Å². The van der Waals surface area contributed by atoms with Crippen molar-refractivity contribution in [3.05, 3.63) is 18.2 Å². The van der Waals surface area contributed by atoms with Gasteiger partial charge in [-0.1, -0.05) is 0 Å². The number of sulfonamides is 1. The molecule has 0 radical (unpaired) electrons. The Morgan fingerprint density at radius 2 is 1.95 bits per heavy atom. The Balaban J connectivity index is 3.10. The molecule has 1 aromatic rings. The van der Waals surface area contributed by atoms with Gasteiger partial charge in [-0.25, -0.2) is 13.1 Å². The summed E-state index contributed by atoms with van der Waals surface area (Å²) in [6, 6.07) is 4.48. The highest BCUT2D eigenvalue weighted by atomic mass is 32.2. The van der Waals surface area contributed by atoms with Crippen LogP contribution in [0, 0.1) is 0 Å². The van der Waals surface area contributed by atoms with Gasteiger partial charge in [-0.05, 0) is 32.2 Å². The molecule has 7 nitrogen and oxygen atoms in total. The quantitative estimate of drug-likeness (QED) is 0.726. The largest absolute Gasteiger partial charge is 0.397 e. The molecule has 0 bridgehead atoms. The van der Waals surface area contributed by atoms with E-state index in [0.29, 0.717) is 17.9 Å². The number of nitrogens with two attached hydrogens (primary N) is 1. The van der Waals surface area contributed by atoms with Crippen molar-refractivity contribution in [2.45, 2.75) is 11.8 Å². The summed E-state index contributed by atoms with van der Waals surface area (Å²) in [5.74, 6) is -0.0526. The lowest BCUT2D eigenvalue weighted by Gasteiger charge is -2.25. The van der Waals surface area contributed by atoms with Crippen LogP contribution in [0.1, 0.15) is 6.92 Å². The van der Waals surface area contributed by atoms with Gasteiger partial charge in [0, 0.05) is 20.6 Å². The van der Waals surface area contributed by atoms with E-state index in [-0.39, 0.29) is 17.3 Å². The molecule has 1 aromatic carbocycles. The van der Waals surface area contributed by atoms with Crippen LogP contribution < -0.4 is 15.4 Å². The molecular formula is C13H22N4O3S. The van der Waals surface area contributed by atoms with Crippen LogP contribution in [-0.4, -0.2) is 53.5 Å². The van der Waals surface area contributed by atoms with Gasteiger partial charge in [0.2, 0.25) is 15.9 Å². The lowest BCUT2D eigenvalue weighted by Crippen LogP contribution is -2.37. The number of carbonyl (C=O) groups excluding carboxylic acids is 1. The van der Waals surface area contributed by atoms with Crippen LogP contribution in [0.4, 0.5) is 11.4 Å². The van der Waals surface area contributed by atoms with Gasteiger partial charge in [-0.15, -0.1) is 0 Å². The van der Waals surface area contributed by atoms with E-state index in [1.165, 1.54) is 24.1 Å². The van der Waals surface area contributed by atoms with Gasteiger partial charge >= 0.3 is 0 Å². The van der Waals surface area contributed by atoms with Gasteiger partial charge in [0.1, 0.15) is 0 Å². The van der Waals surface area contributed by atoms with Crippen LogP contribution in [0.2, 0.25) is 0 Å². The zero-order chi connectivity index (χ0) is 16.2.